The molecule has 0 radical (unpaired) electrons. The number of hydrogen-bond acceptors (Lipinski definition) is 3. The predicted molar refractivity (Wildman–Crippen MR) is 107 cm³/mol. The molecule has 5 nitrogen and oxygen atoms in total. The van der Waals surface area contributed by atoms with Gasteiger partial charge in [0.2, 0.25) is 0 Å². The van der Waals surface area contributed by atoms with Gasteiger partial charge in [-0.25, -0.2) is 4.98 Å². The van der Waals surface area contributed by atoms with E-state index in [0.29, 0.717) is 6.54 Å². The number of halogens is 2. The Morgan fingerprint density at radius 2 is 2.04 bits per heavy atom. The molecule has 7 heteroatoms. The highest BCUT2D eigenvalue weighted by molar-refractivity contribution is 5.94. The Balaban J connectivity index is 0.00000121. The minimum atomic E-state index is 0. The molecule has 0 aliphatic carbocycles. The lowest BCUT2D eigenvalue weighted by atomic mass is 9.92. The molecule has 1 fully saturated rings. The van der Waals surface area contributed by atoms with Crippen LogP contribution < -0.4 is 5.32 Å². The van der Waals surface area contributed by atoms with Gasteiger partial charge in [-0.15, -0.1) is 24.8 Å². The van der Waals surface area contributed by atoms with Crippen LogP contribution in [-0.2, 0) is 19.4 Å². The SMILES string of the molecule is Cl.Cl.O=C(c1ccc(CC2CCCNC2)cc1)N1CCc2nc[nH]c2C1. The fourth-order valence-electron chi connectivity index (χ4n) is 3.78. The van der Waals surface area contributed by atoms with Crippen LogP contribution in [0.25, 0.3) is 0 Å². The molecule has 3 heterocycles. The topological polar surface area (TPSA) is 61.0 Å². The number of piperidine rings is 1. The Hall–Kier alpha value is -1.56. The van der Waals surface area contributed by atoms with Gasteiger partial charge in [-0.05, 0) is 56.0 Å². The van der Waals surface area contributed by atoms with Gasteiger partial charge in [0.15, 0.2) is 0 Å². The van der Waals surface area contributed by atoms with Crippen LogP contribution in [-0.4, -0.2) is 40.4 Å². The second-order valence-corrected chi connectivity index (χ2v) is 6.92. The van der Waals surface area contributed by atoms with E-state index in [0.717, 1.165) is 55.3 Å². The number of benzene rings is 1. The van der Waals surface area contributed by atoms with Crippen LogP contribution in [0, 0.1) is 5.92 Å². The van der Waals surface area contributed by atoms with Gasteiger partial charge in [-0.1, -0.05) is 12.1 Å². The first kappa shape index (κ1) is 20.7. The first-order valence-electron chi connectivity index (χ1n) is 8.89. The highest BCUT2D eigenvalue weighted by Gasteiger charge is 2.23. The summed E-state index contributed by atoms with van der Waals surface area (Å²) >= 11 is 0. The van der Waals surface area contributed by atoms with Crippen molar-refractivity contribution in [3.8, 4) is 0 Å². The zero-order chi connectivity index (χ0) is 16.4. The molecule has 142 valence electrons. The number of nitrogens with zero attached hydrogens (tertiary/aromatic N) is 2. The lowest BCUT2D eigenvalue weighted by molar-refractivity contribution is 0.0732. The van der Waals surface area contributed by atoms with Crippen molar-refractivity contribution in [1.29, 1.82) is 0 Å². The van der Waals surface area contributed by atoms with E-state index in [1.165, 1.54) is 18.4 Å². The fourth-order valence-corrected chi connectivity index (χ4v) is 3.78. The summed E-state index contributed by atoms with van der Waals surface area (Å²) < 4.78 is 0. The summed E-state index contributed by atoms with van der Waals surface area (Å²) in [7, 11) is 0. The highest BCUT2D eigenvalue weighted by Crippen LogP contribution is 2.20. The first-order chi connectivity index (χ1) is 11.8. The minimum absolute atomic E-state index is 0. The van der Waals surface area contributed by atoms with E-state index in [4.69, 9.17) is 0 Å². The zero-order valence-electron chi connectivity index (χ0n) is 14.7. The maximum Gasteiger partial charge on any atom is 0.254 e. The van der Waals surface area contributed by atoms with Crippen molar-refractivity contribution in [2.24, 2.45) is 5.92 Å². The van der Waals surface area contributed by atoms with Crippen LogP contribution in [0.3, 0.4) is 0 Å². The third-order valence-corrected chi connectivity index (χ3v) is 5.19. The molecule has 4 rings (SSSR count). The predicted octanol–water partition coefficient (Wildman–Crippen LogP) is 2.99. The van der Waals surface area contributed by atoms with Crippen molar-refractivity contribution in [3.63, 3.8) is 0 Å². The Labute approximate surface area is 166 Å². The second kappa shape index (κ2) is 9.40. The average molecular weight is 397 g/mol. The number of aromatic amines is 1. The second-order valence-electron chi connectivity index (χ2n) is 6.92. The van der Waals surface area contributed by atoms with Gasteiger partial charge < -0.3 is 15.2 Å². The standard InChI is InChI=1S/C19H24N4O.2ClH/c24-19(23-9-7-17-18(12-23)22-13-21-17)16-5-3-14(4-6-16)10-15-2-1-8-20-11-15;;/h3-6,13,15,20H,1-2,7-12H2,(H,21,22);2*1H. The highest BCUT2D eigenvalue weighted by atomic mass is 35.5. The summed E-state index contributed by atoms with van der Waals surface area (Å²) in [6, 6.07) is 8.20. The van der Waals surface area contributed by atoms with E-state index in [-0.39, 0.29) is 30.7 Å². The maximum absolute atomic E-state index is 12.7. The van der Waals surface area contributed by atoms with Gasteiger partial charge in [-0.2, -0.15) is 0 Å². The van der Waals surface area contributed by atoms with E-state index < -0.39 is 0 Å². The van der Waals surface area contributed by atoms with Gasteiger partial charge in [0.25, 0.3) is 5.91 Å². The third-order valence-electron chi connectivity index (χ3n) is 5.19. The number of H-pyrrole nitrogens is 1. The van der Waals surface area contributed by atoms with E-state index >= 15 is 0 Å². The number of carbonyl (C=O) groups is 1. The minimum Gasteiger partial charge on any atom is -0.347 e. The van der Waals surface area contributed by atoms with Crippen LogP contribution in [0.15, 0.2) is 30.6 Å². The van der Waals surface area contributed by atoms with Crippen LogP contribution in [0.2, 0.25) is 0 Å². The van der Waals surface area contributed by atoms with Crippen molar-refractivity contribution in [2.75, 3.05) is 19.6 Å². The van der Waals surface area contributed by atoms with Crippen LogP contribution in [0.4, 0.5) is 0 Å². The smallest absolute Gasteiger partial charge is 0.254 e. The Bertz CT molecular complexity index is 711. The summed E-state index contributed by atoms with van der Waals surface area (Å²) in [5.74, 6) is 0.835. The van der Waals surface area contributed by atoms with E-state index in [1.807, 2.05) is 17.0 Å². The van der Waals surface area contributed by atoms with Crippen molar-refractivity contribution in [1.82, 2.24) is 20.2 Å². The van der Waals surface area contributed by atoms with Crippen LogP contribution >= 0.6 is 24.8 Å². The van der Waals surface area contributed by atoms with Crippen LogP contribution in [0.5, 0.6) is 0 Å². The molecule has 0 bridgehead atoms. The first-order valence-corrected chi connectivity index (χ1v) is 8.89. The Morgan fingerprint density at radius 1 is 1.23 bits per heavy atom. The molecular formula is C19H26Cl2N4O. The number of nitrogens with one attached hydrogen (secondary N) is 2. The van der Waals surface area contributed by atoms with Crippen molar-refractivity contribution in [3.05, 3.63) is 53.1 Å². The van der Waals surface area contributed by atoms with Crippen LogP contribution in [0.1, 0.15) is 40.2 Å². The molecule has 2 aliphatic rings. The van der Waals surface area contributed by atoms with Crippen molar-refractivity contribution in [2.45, 2.75) is 32.2 Å². The zero-order valence-corrected chi connectivity index (χ0v) is 16.4. The molecule has 1 saturated heterocycles. The number of aromatic nitrogens is 2. The maximum atomic E-state index is 12.7. The van der Waals surface area contributed by atoms with Crippen molar-refractivity contribution >= 4 is 30.7 Å². The molecule has 1 aromatic carbocycles. The molecule has 26 heavy (non-hydrogen) atoms. The molecule has 2 aliphatic heterocycles. The number of fused-ring (bicyclic) bond motifs is 1. The quantitative estimate of drug-likeness (QED) is 0.837. The summed E-state index contributed by atoms with van der Waals surface area (Å²) in [5, 5.41) is 3.46. The summed E-state index contributed by atoms with van der Waals surface area (Å²) in [6.45, 7) is 3.63. The van der Waals surface area contributed by atoms with Gasteiger partial charge in [0, 0.05) is 18.5 Å². The number of imidazole rings is 1. The van der Waals surface area contributed by atoms with E-state index in [9.17, 15) is 4.79 Å². The monoisotopic (exact) mass is 396 g/mol. The molecule has 1 unspecified atom stereocenters. The number of hydrogen-bond donors (Lipinski definition) is 2. The molecule has 0 saturated carbocycles. The molecule has 2 aromatic rings. The summed E-state index contributed by atoms with van der Waals surface area (Å²) in [4.78, 5) is 22.0. The van der Waals surface area contributed by atoms with Gasteiger partial charge in [0.05, 0.1) is 24.3 Å². The molecular weight excluding hydrogens is 371 g/mol. The molecule has 2 N–H and O–H groups in total. The molecule has 1 amide bonds. The van der Waals surface area contributed by atoms with E-state index in [2.05, 4.69) is 27.4 Å². The lowest BCUT2D eigenvalue weighted by Gasteiger charge is -2.26. The van der Waals surface area contributed by atoms with Crippen molar-refractivity contribution < 1.29 is 4.79 Å². The largest absolute Gasteiger partial charge is 0.347 e. The van der Waals surface area contributed by atoms with E-state index in [1.54, 1.807) is 6.33 Å². The Morgan fingerprint density at radius 3 is 2.77 bits per heavy atom. The van der Waals surface area contributed by atoms with Gasteiger partial charge in [0.1, 0.15) is 0 Å². The number of carbonyl (C=O) groups excluding carboxylic acids is 1. The number of rotatable bonds is 3. The average Bonchev–Trinajstić information content (AvgIpc) is 3.10. The molecule has 1 atom stereocenters. The molecule has 1 aromatic heterocycles. The normalized spacial score (nSPS) is 19.1. The third kappa shape index (κ3) is 4.58. The Kier molecular flexibility index (Phi) is 7.50. The van der Waals surface area contributed by atoms with Gasteiger partial charge >= 0.3 is 0 Å². The lowest BCUT2D eigenvalue weighted by Crippen LogP contribution is -2.36. The summed E-state index contributed by atoms with van der Waals surface area (Å²) in [6.07, 6.45) is 6.22. The fraction of sp³-hybridized carbons (Fsp3) is 0.474. The summed E-state index contributed by atoms with van der Waals surface area (Å²) in [5.41, 5.74) is 4.27. The van der Waals surface area contributed by atoms with Gasteiger partial charge in [-0.3, -0.25) is 4.79 Å². The number of amides is 1. The molecule has 0 spiro atoms.